The van der Waals surface area contributed by atoms with Gasteiger partial charge in [-0.25, -0.2) is 4.79 Å². The van der Waals surface area contributed by atoms with Gasteiger partial charge in [-0.2, -0.15) is 0 Å². The summed E-state index contributed by atoms with van der Waals surface area (Å²) in [6, 6.07) is 11.5. The molecule has 1 aromatic rings. The molecule has 1 aromatic carbocycles. The van der Waals surface area contributed by atoms with Crippen molar-refractivity contribution in [3.8, 4) is 0 Å². The van der Waals surface area contributed by atoms with Gasteiger partial charge in [0.1, 0.15) is 0 Å². The standard InChI is InChI=1S/C22H33N3O2/c1-23(20-9-17-27-18-10-20)21(26)24-15-11-22(12-16-24,25-13-5-6-14-25)19-7-3-2-4-8-19/h2-4,7-8,20H,5-6,9-18H2,1H3. The molecule has 3 saturated heterocycles. The van der Waals surface area contributed by atoms with Gasteiger partial charge in [0.25, 0.3) is 0 Å². The molecule has 4 rings (SSSR count). The van der Waals surface area contributed by atoms with Crippen molar-refractivity contribution in [1.82, 2.24) is 14.7 Å². The average molecular weight is 372 g/mol. The smallest absolute Gasteiger partial charge is 0.319 e. The highest BCUT2D eigenvalue weighted by Crippen LogP contribution is 2.41. The summed E-state index contributed by atoms with van der Waals surface area (Å²) in [7, 11) is 1.97. The molecule has 0 bridgehead atoms. The molecule has 148 valence electrons. The van der Waals surface area contributed by atoms with Crippen molar-refractivity contribution in [1.29, 1.82) is 0 Å². The molecule has 5 heteroatoms. The molecule has 0 atom stereocenters. The van der Waals surface area contributed by atoms with Crippen LogP contribution in [0.3, 0.4) is 0 Å². The predicted molar refractivity (Wildman–Crippen MR) is 107 cm³/mol. The second kappa shape index (κ2) is 8.19. The summed E-state index contributed by atoms with van der Waals surface area (Å²) in [4.78, 5) is 19.8. The number of benzene rings is 1. The van der Waals surface area contributed by atoms with Crippen LogP contribution in [0.5, 0.6) is 0 Å². The normalized spacial score (nSPS) is 24.1. The summed E-state index contributed by atoms with van der Waals surface area (Å²) in [5.41, 5.74) is 1.53. The van der Waals surface area contributed by atoms with Crippen molar-refractivity contribution >= 4 is 6.03 Å². The van der Waals surface area contributed by atoms with Crippen molar-refractivity contribution in [3.05, 3.63) is 35.9 Å². The zero-order valence-electron chi connectivity index (χ0n) is 16.6. The fourth-order valence-corrected chi connectivity index (χ4v) is 5.20. The molecule has 0 saturated carbocycles. The number of urea groups is 1. The molecular formula is C22H33N3O2. The van der Waals surface area contributed by atoms with E-state index in [0.717, 1.165) is 52.0 Å². The van der Waals surface area contributed by atoms with Gasteiger partial charge >= 0.3 is 6.03 Å². The first-order valence-corrected chi connectivity index (χ1v) is 10.6. The minimum absolute atomic E-state index is 0.103. The third-order valence-corrected chi connectivity index (χ3v) is 6.92. The topological polar surface area (TPSA) is 36.0 Å². The maximum Gasteiger partial charge on any atom is 0.319 e. The van der Waals surface area contributed by atoms with Gasteiger partial charge in [-0.05, 0) is 57.2 Å². The first-order chi connectivity index (χ1) is 13.2. The number of likely N-dealkylation sites (tertiary alicyclic amines) is 2. The van der Waals surface area contributed by atoms with Crippen molar-refractivity contribution in [2.75, 3.05) is 46.4 Å². The van der Waals surface area contributed by atoms with Gasteiger partial charge in [-0.3, -0.25) is 4.90 Å². The predicted octanol–water partition coefficient (Wildman–Crippen LogP) is 3.30. The number of nitrogens with zero attached hydrogens (tertiary/aromatic N) is 3. The molecule has 3 heterocycles. The Bertz CT molecular complexity index is 616. The third kappa shape index (κ3) is 3.72. The quantitative estimate of drug-likeness (QED) is 0.818. The molecule has 3 aliphatic rings. The first-order valence-electron chi connectivity index (χ1n) is 10.6. The molecule has 5 nitrogen and oxygen atoms in total. The second-order valence-corrected chi connectivity index (χ2v) is 8.32. The van der Waals surface area contributed by atoms with Crippen molar-refractivity contribution < 1.29 is 9.53 Å². The summed E-state index contributed by atoms with van der Waals surface area (Å²) in [5, 5.41) is 0. The van der Waals surface area contributed by atoms with Crippen LogP contribution in [0.15, 0.2) is 30.3 Å². The van der Waals surface area contributed by atoms with E-state index in [1.165, 1.54) is 31.5 Å². The van der Waals surface area contributed by atoms with Crippen molar-refractivity contribution in [2.45, 2.75) is 50.1 Å². The maximum atomic E-state index is 13.1. The highest BCUT2D eigenvalue weighted by atomic mass is 16.5. The van der Waals surface area contributed by atoms with Crippen LogP contribution in [-0.4, -0.2) is 73.2 Å². The lowest BCUT2D eigenvalue weighted by Gasteiger charge is -2.49. The molecule has 3 fully saturated rings. The summed E-state index contributed by atoms with van der Waals surface area (Å²) >= 11 is 0. The van der Waals surface area contributed by atoms with E-state index in [2.05, 4.69) is 40.1 Å². The van der Waals surface area contributed by atoms with E-state index in [9.17, 15) is 4.79 Å². The zero-order valence-corrected chi connectivity index (χ0v) is 16.6. The number of ether oxygens (including phenoxy) is 1. The van der Waals surface area contributed by atoms with Crippen LogP contribution in [0.25, 0.3) is 0 Å². The van der Waals surface area contributed by atoms with Gasteiger partial charge < -0.3 is 14.5 Å². The van der Waals surface area contributed by atoms with Crippen LogP contribution in [-0.2, 0) is 10.3 Å². The van der Waals surface area contributed by atoms with E-state index < -0.39 is 0 Å². The number of carbonyl (C=O) groups excluding carboxylic acids is 1. The average Bonchev–Trinajstić information content (AvgIpc) is 3.29. The van der Waals surface area contributed by atoms with Crippen LogP contribution >= 0.6 is 0 Å². The fourth-order valence-electron chi connectivity index (χ4n) is 5.20. The Morgan fingerprint density at radius 2 is 1.67 bits per heavy atom. The number of carbonyl (C=O) groups is 1. The molecule has 27 heavy (non-hydrogen) atoms. The van der Waals surface area contributed by atoms with E-state index in [1.54, 1.807) is 0 Å². The zero-order chi connectivity index (χ0) is 18.7. The lowest BCUT2D eigenvalue weighted by Crippen LogP contribution is -2.56. The molecule has 0 spiro atoms. The molecule has 2 amide bonds. The maximum absolute atomic E-state index is 13.1. The summed E-state index contributed by atoms with van der Waals surface area (Å²) in [6.45, 7) is 5.61. The Morgan fingerprint density at radius 1 is 1.04 bits per heavy atom. The van der Waals surface area contributed by atoms with E-state index in [1.807, 2.05) is 11.9 Å². The highest BCUT2D eigenvalue weighted by molar-refractivity contribution is 5.74. The van der Waals surface area contributed by atoms with Crippen LogP contribution in [0.2, 0.25) is 0 Å². The van der Waals surface area contributed by atoms with Gasteiger partial charge in [-0.15, -0.1) is 0 Å². The van der Waals surface area contributed by atoms with Gasteiger partial charge in [-0.1, -0.05) is 30.3 Å². The van der Waals surface area contributed by atoms with Gasteiger partial charge in [0, 0.05) is 44.9 Å². The highest BCUT2D eigenvalue weighted by Gasteiger charge is 2.43. The lowest BCUT2D eigenvalue weighted by molar-refractivity contribution is 0.0249. The summed E-state index contributed by atoms with van der Waals surface area (Å²) < 4.78 is 5.45. The SMILES string of the molecule is CN(C(=O)N1CCC(c2ccccc2)(N2CCCC2)CC1)C1CCOCC1. The molecule has 0 unspecified atom stereocenters. The molecular weight excluding hydrogens is 338 g/mol. The molecule has 0 aromatic heterocycles. The van der Waals surface area contributed by atoms with Crippen LogP contribution in [0.1, 0.15) is 44.1 Å². The number of hydrogen-bond donors (Lipinski definition) is 0. The van der Waals surface area contributed by atoms with Crippen LogP contribution in [0.4, 0.5) is 4.79 Å². The lowest BCUT2D eigenvalue weighted by atomic mass is 9.79. The number of rotatable bonds is 3. The molecule has 0 N–H and O–H groups in total. The number of piperidine rings is 1. The van der Waals surface area contributed by atoms with E-state index >= 15 is 0 Å². The number of hydrogen-bond acceptors (Lipinski definition) is 3. The Labute approximate surface area is 163 Å². The molecule has 0 aliphatic carbocycles. The van der Waals surface area contributed by atoms with Crippen LogP contribution in [0, 0.1) is 0 Å². The van der Waals surface area contributed by atoms with Crippen molar-refractivity contribution in [2.24, 2.45) is 0 Å². The second-order valence-electron chi connectivity index (χ2n) is 8.32. The molecule has 3 aliphatic heterocycles. The summed E-state index contributed by atoms with van der Waals surface area (Å²) in [5.74, 6) is 0. The number of amides is 2. The molecule has 0 radical (unpaired) electrons. The Balaban J connectivity index is 1.46. The third-order valence-electron chi connectivity index (χ3n) is 6.92. The summed E-state index contributed by atoms with van der Waals surface area (Å²) in [6.07, 6.45) is 6.57. The minimum atomic E-state index is 0.103. The largest absolute Gasteiger partial charge is 0.381 e. The Kier molecular flexibility index (Phi) is 5.69. The van der Waals surface area contributed by atoms with E-state index in [0.29, 0.717) is 6.04 Å². The monoisotopic (exact) mass is 371 g/mol. The van der Waals surface area contributed by atoms with Crippen molar-refractivity contribution in [3.63, 3.8) is 0 Å². The fraction of sp³-hybridized carbons (Fsp3) is 0.682. The first kappa shape index (κ1) is 18.8. The van der Waals surface area contributed by atoms with E-state index in [4.69, 9.17) is 4.74 Å². The van der Waals surface area contributed by atoms with E-state index in [-0.39, 0.29) is 11.6 Å². The van der Waals surface area contributed by atoms with Gasteiger partial charge in [0.2, 0.25) is 0 Å². The minimum Gasteiger partial charge on any atom is -0.381 e. The Morgan fingerprint density at radius 3 is 2.30 bits per heavy atom. The Hall–Kier alpha value is -1.59. The van der Waals surface area contributed by atoms with Gasteiger partial charge in [0.05, 0.1) is 0 Å². The van der Waals surface area contributed by atoms with Gasteiger partial charge in [0.15, 0.2) is 0 Å². The van der Waals surface area contributed by atoms with Crippen LogP contribution < -0.4 is 0 Å².